The van der Waals surface area contributed by atoms with Crippen LogP contribution in [0.15, 0.2) is 71.2 Å². The smallest absolute Gasteiger partial charge is 0.271 e. The van der Waals surface area contributed by atoms with Gasteiger partial charge in [0, 0.05) is 28.6 Å². The van der Waals surface area contributed by atoms with Crippen LogP contribution in [0.25, 0.3) is 22.4 Å². The van der Waals surface area contributed by atoms with Crippen LogP contribution < -0.4 is 4.84 Å². The van der Waals surface area contributed by atoms with E-state index in [2.05, 4.69) is 22.0 Å². The molecule has 1 aliphatic heterocycles. The molecule has 0 bridgehead atoms. The number of nitro groups is 1. The Labute approximate surface area is 168 Å². The van der Waals surface area contributed by atoms with Crippen LogP contribution in [0.2, 0.25) is 0 Å². The third kappa shape index (κ3) is 2.75. The van der Waals surface area contributed by atoms with Gasteiger partial charge in [0.05, 0.1) is 10.4 Å². The molecular formula is C21H14BrN3O3. The van der Waals surface area contributed by atoms with Crippen LogP contribution in [0.5, 0.6) is 0 Å². The minimum Gasteiger partial charge on any atom is -0.403 e. The molecule has 1 aliphatic rings. The van der Waals surface area contributed by atoms with E-state index in [1.54, 1.807) is 10.8 Å². The maximum absolute atomic E-state index is 11.2. The predicted octanol–water partition coefficient (Wildman–Crippen LogP) is 5.10. The van der Waals surface area contributed by atoms with Gasteiger partial charge in [-0.25, -0.2) is 4.98 Å². The molecule has 4 aromatic rings. The third-order valence-corrected chi connectivity index (χ3v) is 5.47. The van der Waals surface area contributed by atoms with Crippen molar-refractivity contribution in [2.24, 2.45) is 0 Å². The van der Waals surface area contributed by atoms with Gasteiger partial charge in [0.25, 0.3) is 5.69 Å². The average Bonchev–Trinajstić information content (AvgIpc) is 2.97. The lowest BCUT2D eigenvalue weighted by Gasteiger charge is -2.18. The molecule has 7 heteroatoms. The van der Waals surface area contributed by atoms with E-state index in [1.165, 1.54) is 12.1 Å². The number of fused-ring (bicyclic) bond motifs is 5. The summed E-state index contributed by atoms with van der Waals surface area (Å²) in [6, 6.07) is 20.7. The fourth-order valence-corrected chi connectivity index (χ4v) is 3.83. The largest absolute Gasteiger partial charge is 0.403 e. The van der Waals surface area contributed by atoms with Crippen molar-refractivity contribution in [2.75, 3.05) is 0 Å². The minimum atomic E-state index is -0.407. The predicted molar refractivity (Wildman–Crippen MR) is 109 cm³/mol. The summed E-state index contributed by atoms with van der Waals surface area (Å²) < 4.78 is 2.63. The minimum absolute atomic E-state index is 0.0107. The summed E-state index contributed by atoms with van der Waals surface area (Å²) in [6.07, 6.45) is 0.435. The first-order chi connectivity index (χ1) is 13.6. The highest BCUT2D eigenvalue weighted by atomic mass is 79.9. The van der Waals surface area contributed by atoms with Crippen LogP contribution >= 0.6 is 15.9 Å². The molecule has 0 fully saturated rings. The number of non-ortho nitro benzene ring substituents is 1. The zero-order valence-corrected chi connectivity index (χ0v) is 16.2. The van der Waals surface area contributed by atoms with E-state index >= 15 is 0 Å². The number of rotatable bonds is 2. The summed E-state index contributed by atoms with van der Waals surface area (Å²) in [5.41, 5.74) is 4.38. The number of aromatic nitrogens is 2. The Kier molecular flexibility index (Phi) is 3.91. The van der Waals surface area contributed by atoms with E-state index in [1.807, 2.05) is 42.5 Å². The summed E-state index contributed by atoms with van der Waals surface area (Å²) >= 11 is 3.46. The molecule has 0 radical (unpaired) electrons. The van der Waals surface area contributed by atoms with Crippen molar-refractivity contribution in [2.45, 2.75) is 12.5 Å². The lowest BCUT2D eigenvalue weighted by Crippen LogP contribution is -2.18. The second-order valence-corrected chi connectivity index (χ2v) is 7.58. The van der Waals surface area contributed by atoms with Crippen molar-refractivity contribution >= 4 is 32.7 Å². The van der Waals surface area contributed by atoms with Gasteiger partial charge in [-0.15, -0.1) is 0 Å². The number of nitrogens with zero attached hydrogens (tertiary/aromatic N) is 3. The molecule has 0 saturated carbocycles. The lowest BCUT2D eigenvalue weighted by molar-refractivity contribution is -0.384. The Hall–Kier alpha value is -3.19. The highest BCUT2D eigenvalue weighted by Crippen LogP contribution is 2.35. The van der Waals surface area contributed by atoms with Gasteiger partial charge in [0.15, 0.2) is 11.9 Å². The quantitative estimate of drug-likeness (QED) is 0.324. The third-order valence-electron chi connectivity index (χ3n) is 4.95. The topological polar surface area (TPSA) is 70.2 Å². The van der Waals surface area contributed by atoms with E-state index in [9.17, 15) is 10.1 Å². The summed E-state index contributed by atoms with van der Waals surface area (Å²) in [7, 11) is 0. The highest BCUT2D eigenvalue weighted by Gasteiger charge is 2.27. The maximum Gasteiger partial charge on any atom is 0.271 e. The Balaban J connectivity index is 1.74. The summed E-state index contributed by atoms with van der Waals surface area (Å²) in [5, 5.41) is 11.2. The first kappa shape index (κ1) is 16.9. The van der Waals surface area contributed by atoms with Crippen molar-refractivity contribution in [3.63, 3.8) is 0 Å². The molecule has 5 rings (SSSR count). The lowest BCUT2D eigenvalue weighted by atomic mass is 9.98. The number of imidazole rings is 1. The summed E-state index contributed by atoms with van der Waals surface area (Å²) in [5.74, 6) is 0.658. The maximum atomic E-state index is 11.2. The van der Waals surface area contributed by atoms with Gasteiger partial charge in [-0.3, -0.25) is 10.1 Å². The van der Waals surface area contributed by atoms with E-state index in [0.29, 0.717) is 23.3 Å². The average molecular weight is 436 g/mol. The second-order valence-electron chi connectivity index (χ2n) is 6.67. The SMILES string of the molecule is O=[N+]([O-])c1ccc2nc3n(c2c1)OC(c1ccc(Br)cc1)Cc1ccccc1-3. The van der Waals surface area contributed by atoms with E-state index in [0.717, 1.165) is 21.2 Å². The van der Waals surface area contributed by atoms with Crippen LogP contribution in [0.4, 0.5) is 5.69 Å². The fourth-order valence-electron chi connectivity index (χ4n) is 3.57. The molecule has 0 N–H and O–H groups in total. The van der Waals surface area contributed by atoms with Crippen LogP contribution in [0.1, 0.15) is 17.2 Å². The van der Waals surface area contributed by atoms with Gasteiger partial charge >= 0.3 is 0 Å². The van der Waals surface area contributed by atoms with Crippen molar-refractivity contribution in [3.05, 3.63) is 92.4 Å². The van der Waals surface area contributed by atoms with Crippen molar-refractivity contribution in [1.82, 2.24) is 9.71 Å². The number of nitro benzene ring substituents is 1. The molecule has 0 aliphatic carbocycles. The van der Waals surface area contributed by atoms with Gasteiger partial charge in [-0.1, -0.05) is 52.3 Å². The van der Waals surface area contributed by atoms with E-state index in [4.69, 9.17) is 9.82 Å². The molecule has 1 unspecified atom stereocenters. The first-order valence-electron chi connectivity index (χ1n) is 8.78. The monoisotopic (exact) mass is 435 g/mol. The van der Waals surface area contributed by atoms with Gasteiger partial charge < -0.3 is 4.84 Å². The van der Waals surface area contributed by atoms with Gasteiger partial charge in [-0.2, -0.15) is 4.73 Å². The molecule has 0 spiro atoms. The zero-order valence-electron chi connectivity index (χ0n) is 14.6. The standard InChI is InChI=1S/C21H14BrN3O3/c22-15-7-5-13(6-8-15)20-11-14-3-1-2-4-17(14)21-23-18-10-9-16(25(26)27)12-19(18)24(21)28-20/h1-10,12,20H,11H2. The molecule has 0 amide bonds. The number of hydrogen-bond donors (Lipinski definition) is 0. The van der Waals surface area contributed by atoms with E-state index < -0.39 is 4.92 Å². The van der Waals surface area contributed by atoms with Crippen LogP contribution in [-0.4, -0.2) is 14.6 Å². The first-order valence-corrected chi connectivity index (χ1v) is 9.57. The zero-order chi connectivity index (χ0) is 19.3. The molecule has 0 saturated heterocycles. The normalized spacial score (nSPS) is 15.4. The second kappa shape index (κ2) is 6.45. The molecule has 1 atom stereocenters. The highest BCUT2D eigenvalue weighted by molar-refractivity contribution is 9.10. The van der Waals surface area contributed by atoms with Crippen molar-refractivity contribution in [3.8, 4) is 11.4 Å². The number of benzene rings is 3. The molecule has 1 aromatic heterocycles. The van der Waals surface area contributed by atoms with Crippen LogP contribution in [0, 0.1) is 10.1 Å². The van der Waals surface area contributed by atoms with E-state index in [-0.39, 0.29) is 11.8 Å². The van der Waals surface area contributed by atoms with Gasteiger partial charge in [-0.05, 0) is 29.3 Å². The number of hydrogen-bond acceptors (Lipinski definition) is 4. The van der Waals surface area contributed by atoms with Crippen LogP contribution in [0.3, 0.4) is 0 Å². The van der Waals surface area contributed by atoms with Gasteiger partial charge in [0.1, 0.15) is 5.52 Å². The molecule has 138 valence electrons. The molecule has 6 nitrogen and oxygen atoms in total. The molecule has 2 heterocycles. The number of halogens is 1. The van der Waals surface area contributed by atoms with Crippen molar-refractivity contribution < 1.29 is 9.76 Å². The molecular weight excluding hydrogens is 422 g/mol. The fraction of sp³-hybridized carbons (Fsp3) is 0.0952. The molecule has 3 aromatic carbocycles. The van der Waals surface area contributed by atoms with Gasteiger partial charge in [0.2, 0.25) is 0 Å². The summed E-state index contributed by atoms with van der Waals surface area (Å²) in [6.45, 7) is 0. The molecule has 28 heavy (non-hydrogen) atoms. The Morgan fingerprint density at radius 1 is 1.11 bits per heavy atom. The Morgan fingerprint density at radius 3 is 2.68 bits per heavy atom. The Morgan fingerprint density at radius 2 is 1.89 bits per heavy atom. The summed E-state index contributed by atoms with van der Waals surface area (Å²) in [4.78, 5) is 21.9. The Bertz CT molecular complexity index is 1220. The van der Waals surface area contributed by atoms with Crippen molar-refractivity contribution in [1.29, 1.82) is 0 Å². The van der Waals surface area contributed by atoms with Crippen LogP contribution in [-0.2, 0) is 6.42 Å².